The van der Waals surface area contributed by atoms with Crippen LogP contribution in [-0.4, -0.2) is 35.5 Å². The number of Topliss-reactive ketones (excluding diaryl/α,β-unsaturated/α-hetero) is 4. The Balaban J connectivity index is 0.000000272. The van der Waals surface area contributed by atoms with Crippen LogP contribution in [0.15, 0.2) is 194 Å². The van der Waals surface area contributed by atoms with Gasteiger partial charge in [-0.15, -0.1) is 37.0 Å². The quantitative estimate of drug-likeness (QED) is 0.0563. The molecule has 4 nitrogen and oxygen atoms in total. The summed E-state index contributed by atoms with van der Waals surface area (Å²) in [5.41, 5.74) is 18.8. The molecule has 0 N–H and O–H groups in total. The van der Waals surface area contributed by atoms with Crippen LogP contribution < -0.4 is 0 Å². The maximum atomic E-state index is 11.6. The Bertz CT molecular complexity index is 2590. The molecule has 0 aliphatic rings. The molecule has 8 aromatic carbocycles. The van der Waals surface area contributed by atoms with Gasteiger partial charge in [0.1, 0.15) is 0 Å². The molecule has 6 unspecified atom stereocenters. The second kappa shape index (κ2) is 37.0. The molecule has 0 fully saturated rings. The van der Waals surface area contributed by atoms with Gasteiger partial charge in [0.05, 0.1) is 0 Å². The van der Waals surface area contributed by atoms with Crippen LogP contribution in [0.3, 0.4) is 0 Å². The van der Waals surface area contributed by atoms with Crippen molar-refractivity contribution in [2.45, 2.75) is 91.4 Å². The molecule has 78 heavy (non-hydrogen) atoms. The lowest BCUT2D eigenvalue weighted by atomic mass is 10.00. The fraction of sp³-hybridized carbons (Fsp3) is 0.235. The van der Waals surface area contributed by atoms with Crippen LogP contribution in [0, 0.1) is 0 Å². The molecule has 8 aromatic rings. The summed E-state index contributed by atoms with van der Waals surface area (Å²) in [6, 6.07) is 66.5. The number of carbonyl (C=O) groups excluding carboxylic acids is 4. The van der Waals surface area contributed by atoms with Crippen molar-refractivity contribution in [3.05, 3.63) is 283 Å². The molecule has 6 atom stereocenters. The molecule has 0 aliphatic carbocycles. The fourth-order valence-electron chi connectivity index (χ4n) is 8.19. The average Bonchev–Trinajstić information content (AvgIpc) is 3.48. The molecule has 0 aliphatic heterocycles. The highest BCUT2D eigenvalue weighted by Crippen LogP contribution is 2.18. The third-order valence-electron chi connectivity index (χ3n) is 13.1. The van der Waals surface area contributed by atoms with Gasteiger partial charge in [0, 0.05) is 47.4 Å². The lowest BCUT2D eigenvalue weighted by Crippen LogP contribution is -2.01. The average molecular weight is 1150 g/mol. The number of hydrogen-bond donors (Lipinski definition) is 0. The standard InChI is InChI=1S/C19H20O2.C17H18O2P2.C17H20.C15H18P2.2H3P/c1-3-18(20)16-9-5-14(6-10-16)13-15-7-11-17(12-8-15)19(21)4-2;18-16(10-20)14-5-1-12(2-6-14)9-13-3-7-15(8-4-13)17(19)11-21;1-3-14-5-9-16(10-6-14)13-17-11-7-15(4-2)8-12-17;16-10-14-5-1-12(2-6-14)9-13-3-7-15(11-17)8-4-13;;/h5-12H,3-4,13H2,1-2H3;1-8H,9-11,20-21H2;5-12H,3-4,13H2,1-2H3;1-8H,9-11,16-17H2;2*1H3. The summed E-state index contributed by atoms with van der Waals surface area (Å²) < 4.78 is 0. The van der Waals surface area contributed by atoms with E-state index in [9.17, 15) is 19.2 Å². The van der Waals surface area contributed by atoms with E-state index in [-0.39, 0.29) is 42.9 Å². The molecule has 0 saturated carbocycles. The molecule has 0 amide bonds. The Morgan fingerprint density at radius 3 is 0.590 bits per heavy atom. The molecule has 408 valence electrons. The predicted molar refractivity (Wildman–Crippen MR) is 358 cm³/mol. The number of ketones is 4. The molecular weight excluding hydrogens is 1070 g/mol. The zero-order chi connectivity index (χ0) is 54.7. The van der Waals surface area contributed by atoms with E-state index in [0.717, 1.165) is 95.4 Å². The minimum Gasteiger partial charge on any atom is -0.294 e. The summed E-state index contributed by atoms with van der Waals surface area (Å²) in [6.07, 6.45) is 9.92. The van der Waals surface area contributed by atoms with Gasteiger partial charge in [0.15, 0.2) is 23.1 Å². The van der Waals surface area contributed by atoms with Gasteiger partial charge in [-0.25, -0.2) is 0 Å². The lowest BCUT2D eigenvalue weighted by molar-refractivity contribution is 0.0980. The summed E-state index contributed by atoms with van der Waals surface area (Å²) in [7, 11) is 10.4. The van der Waals surface area contributed by atoms with Gasteiger partial charge in [0.25, 0.3) is 0 Å². The maximum Gasteiger partial charge on any atom is 0.166 e. The molecule has 0 aromatic heterocycles. The summed E-state index contributed by atoms with van der Waals surface area (Å²) in [5, 5.41) is 0. The zero-order valence-electron chi connectivity index (χ0n) is 46.3. The van der Waals surface area contributed by atoms with Crippen LogP contribution in [0.1, 0.15) is 149 Å². The summed E-state index contributed by atoms with van der Waals surface area (Å²) in [4.78, 5) is 46.3. The Kier molecular flexibility index (Phi) is 32.0. The highest BCUT2D eigenvalue weighted by atomic mass is 31.0. The second-order valence-electron chi connectivity index (χ2n) is 18.7. The van der Waals surface area contributed by atoms with Gasteiger partial charge < -0.3 is 0 Å². The van der Waals surface area contributed by atoms with Crippen LogP contribution in [0.2, 0.25) is 0 Å². The minimum atomic E-state index is 0. The first-order valence-electron chi connectivity index (χ1n) is 26.5. The minimum absolute atomic E-state index is 0. The first kappa shape index (κ1) is 67.3. The van der Waals surface area contributed by atoms with Crippen LogP contribution in [-0.2, 0) is 50.8 Å². The normalized spacial score (nSPS) is 10.2. The third kappa shape index (κ3) is 23.0. The van der Waals surface area contributed by atoms with Crippen molar-refractivity contribution in [1.82, 2.24) is 0 Å². The van der Waals surface area contributed by atoms with Crippen molar-refractivity contribution >= 4 is 79.9 Å². The molecule has 0 radical (unpaired) electrons. The van der Waals surface area contributed by atoms with E-state index in [1.54, 1.807) is 0 Å². The van der Waals surface area contributed by atoms with Gasteiger partial charge in [-0.05, 0) is 118 Å². The van der Waals surface area contributed by atoms with Crippen molar-refractivity contribution in [2.24, 2.45) is 0 Å². The van der Waals surface area contributed by atoms with Crippen molar-refractivity contribution in [3.63, 3.8) is 0 Å². The number of carbonyl (C=O) groups is 4. The van der Waals surface area contributed by atoms with Gasteiger partial charge >= 0.3 is 0 Å². The van der Waals surface area contributed by atoms with E-state index in [4.69, 9.17) is 0 Å². The summed E-state index contributed by atoms with van der Waals surface area (Å²) in [5.74, 6) is 0.603. The van der Waals surface area contributed by atoms with Crippen LogP contribution in [0.25, 0.3) is 0 Å². The van der Waals surface area contributed by atoms with Gasteiger partial charge in [0.2, 0.25) is 0 Å². The SMILES string of the molecule is CCC(=O)c1ccc(Cc2ccc(C(=O)CC)cc2)cc1.CCc1ccc(Cc2ccc(CC)cc2)cc1.O=C(CP)c1ccc(Cc2ccc(C(=O)CP)cc2)cc1.P.P.PCc1ccc(Cc2ccc(CP)cc2)cc1. The van der Waals surface area contributed by atoms with Crippen LogP contribution >= 0.6 is 56.8 Å². The third-order valence-corrected chi connectivity index (χ3v) is 14.8. The largest absolute Gasteiger partial charge is 0.294 e. The van der Waals surface area contributed by atoms with Crippen molar-refractivity contribution in [3.8, 4) is 0 Å². The Labute approximate surface area is 483 Å². The first-order valence-corrected chi connectivity index (χ1v) is 29.8. The Morgan fingerprint density at radius 2 is 0.423 bits per heavy atom. The molecule has 0 spiro atoms. The summed E-state index contributed by atoms with van der Waals surface area (Å²) in [6.45, 7) is 8.13. The van der Waals surface area contributed by atoms with Gasteiger partial charge in [-0.3, -0.25) is 19.2 Å². The molecule has 8 rings (SSSR count). The smallest absolute Gasteiger partial charge is 0.166 e. The topological polar surface area (TPSA) is 68.3 Å². The molecule has 10 heteroatoms. The number of hydrogen-bond acceptors (Lipinski definition) is 4. The molecule has 0 heterocycles. The first-order chi connectivity index (χ1) is 36.9. The molecule has 0 saturated heterocycles. The Morgan fingerprint density at radius 1 is 0.256 bits per heavy atom. The Hall–Kier alpha value is -4.98. The predicted octanol–water partition coefficient (Wildman–Crippen LogP) is 16.4. The van der Waals surface area contributed by atoms with E-state index in [2.05, 4.69) is 148 Å². The zero-order valence-corrected chi connectivity index (χ0v) is 53.8. The van der Waals surface area contributed by atoms with Crippen molar-refractivity contribution < 1.29 is 19.2 Å². The van der Waals surface area contributed by atoms with Gasteiger partial charge in [-0.1, -0.05) is 222 Å². The fourth-order valence-corrected chi connectivity index (χ4v) is 9.21. The van der Waals surface area contributed by atoms with E-state index in [0.29, 0.717) is 25.2 Å². The number of benzene rings is 8. The highest BCUT2D eigenvalue weighted by Gasteiger charge is 2.08. The van der Waals surface area contributed by atoms with E-state index in [1.807, 2.05) is 111 Å². The highest BCUT2D eigenvalue weighted by molar-refractivity contribution is 7.18. The lowest BCUT2D eigenvalue weighted by Gasteiger charge is -2.05. The van der Waals surface area contributed by atoms with Crippen molar-refractivity contribution in [1.29, 1.82) is 0 Å². The monoisotopic (exact) mass is 1150 g/mol. The van der Waals surface area contributed by atoms with Crippen LogP contribution in [0.5, 0.6) is 0 Å². The number of aryl methyl sites for hydroxylation is 2. The summed E-state index contributed by atoms with van der Waals surface area (Å²) >= 11 is 0. The number of rotatable bonds is 20. The molecule has 0 bridgehead atoms. The van der Waals surface area contributed by atoms with E-state index in [1.165, 1.54) is 44.5 Å². The van der Waals surface area contributed by atoms with E-state index >= 15 is 0 Å². The van der Waals surface area contributed by atoms with Crippen molar-refractivity contribution in [2.75, 3.05) is 12.3 Å². The van der Waals surface area contributed by atoms with Crippen LogP contribution in [0.4, 0.5) is 0 Å². The van der Waals surface area contributed by atoms with Gasteiger partial charge in [-0.2, -0.15) is 19.8 Å². The maximum absolute atomic E-state index is 11.6. The second-order valence-corrected chi connectivity index (χ2v) is 20.3. The van der Waals surface area contributed by atoms with E-state index < -0.39 is 0 Å². The molecular formula is C68H82O4P6.